The van der Waals surface area contributed by atoms with E-state index < -0.39 is 0 Å². The zero-order valence-corrected chi connectivity index (χ0v) is 15.6. The highest BCUT2D eigenvalue weighted by atomic mass is 16.6. The summed E-state index contributed by atoms with van der Waals surface area (Å²) in [6, 6.07) is 10.2. The van der Waals surface area contributed by atoms with Crippen LogP contribution in [0.2, 0.25) is 0 Å². The molecule has 2 N–H and O–H groups in total. The minimum absolute atomic E-state index is 0.0429. The van der Waals surface area contributed by atoms with Crippen LogP contribution >= 0.6 is 0 Å². The summed E-state index contributed by atoms with van der Waals surface area (Å²) in [5.74, 6) is -0.0429. The highest BCUT2D eigenvalue weighted by molar-refractivity contribution is 5.94. The Labute approximate surface area is 155 Å². The SMILES string of the molecule is CC(C)OC(=O)N1C2CCC1CC(NCCNC(=O)c1ccccc1)C2. The van der Waals surface area contributed by atoms with E-state index in [9.17, 15) is 9.59 Å². The molecule has 26 heavy (non-hydrogen) atoms. The van der Waals surface area contributed by atoms with E-state index >= 15 is 0 Å². The van der Waals surface area contributed by atoms with Gasteiger partial charge in [0.05, 0.1) is 6.10 Å². The van der Waals surface area contributed by atoms with Crippen LogP contribution < -0.4 is 10.6 Å². The quantitative estimate of drug-likeness (QED) is 0.766. The van der Waals surface area contributed by atoms with Crippen molar-refractivity contribution in [3.63, 3.8) is 0 Å². The van der Waals surface area contributed by atoms with Crippen molar-refractivity contribution in [2.24, 2.45) is 0 Å². The van der Waals surface area contributed by atoms with Gasteiger partial charge < -0.3 is 20.3 Å². The van der Waals surface area contributed by atoms with Gasteiger partial charge in [-0.1, -0.05) is 18.2 Å². The molecule has 2 saturated heterocycles. The summed E-state index contributed by atoms with van der Waals surface area (Å²) in [4.78, 5) is 26.3. The van der Waals surface area contributed by atoms with Crippen LogP contribution in [-0.4, -0.2) is 54.2 Å². The molecule has 0 spiro atoms. The van der Waals surface area contributed by atoms with E-state index in [1.807, 2.05) is 49.1 Å². The first-order valence-electron chi connectivity index (χ1n) is 9.60. The molecule has 142 valence electrons. The fourth-order valence-electron chi connectivity index (χ4n) is 4.05. The number of nitrogens with zero attached hydrogens (tertiary/aromatic N) is 1. The Morgan fingerprint density at radius 1 is 1.12 bits per heavy atom. The molecule has 3 rings (SSSR count). The molecule has 0 aliphatic carbocycles. The minimum Gasteiger partial charge on any atom is -0.447 e. The Bertz CT molecular complexity index is 606. The van der Waals surface area contributed by atoms with Crippen LogP contribution in [0.15, 0.2) is 30.3 Å². The lowest BCUT2D eigenvalue weighted by Gasteiger charge is -2.38. The van der Waals surface area contributed by atoms with Crippen molar-refractivity contribution in [2.75, 3.05) is 13.1 Å². The molecule has 2 bridgehead atoms. The Hall–Kier alpha value is -2.08. The number of ether oxygens (including phenoxy) is 1. The summed E-state index contributed by atoms with van der Waals surface area (Å²) in [6.45, 7) is 5.10. The lowest BCUT2D eigenvalue weighted by molar-refractivity contribution is 0.0445. The largest absolute Gasteiger partial charge is 0.447 e. The lowest BCUT2D eigenvalue weighted by Crippen LogP contribution is -2.52. The van der Waals surface area contributed by atoms with Crippen LogP contribution in [0.5, 0.6) is 0 Å². The zero-order valence-electron chi connectivity index (χ0n) is 15.6. The van der Waals surface area contributed by atoms with Crippen LogP contribution in [-0.2, 0) is 4.74 Å². The third-order valence-electron chi connectivity index (χ3n) is 5.16. The monoisotopic (exact) mass is 359 g/mol. The van der Waals surface area contributed by atoms with Crippen molar-refractivity contribution in [1.29, 1.82) is 0 Å². The van der Waals surface area contributed by atoms with Gasteiger partial charge >= 0.3 is 6.09 Å². The number of hydrogen-bond acceptors (Lipinski definition) is 4. The smallest absolute Gasteiger partial charge is 0.410 e. The van der Waals surface area contributed by atoms with Gasteiger partial charge in [0, 0.05) is 36.8 Å². The number of nitrogens with one attached hydrogen (secondary N) is 2. The van der Waals surface area contributed by atoms with Crippen LogP contribution in [0.4, 0.5) is 4.79 Å². The number of hydrogen-bond donors (Lipinski definition) is 2. The minimum atomic E-state index is -0.166. The highest BCUT2D eigenvalue weighted by Gasteiger charge is 2.44. The van der Waals surface area contributed by atoms with E-state index in [0.29, 0.717) is 18.2 Å². The first-order valence-corrected chi connectivity index (χ1v) is 9.60. The molecule has 1 aromatic rings. The molecule has 2 aliphatic heterocycles. The number of piperidine rings is 1. The maximum atomic E-state index is 12.3. The van der Waals surface area contributed by atoms with Crippen LogP contribution in [0.25, 0.3) is 0 Å². The molecule has 2 atom stereocenters. The van der Waals surface area contributed by atoms with Gasteiger partial charge in [-0.25, -0.2) is 4.79 Å². The Kier molecular flexibility index (Phi) is 6.14. The van der Waals surface area contributed by atoms with Gasteiger partial charge in [0.1, 0.15) is 0 Å². The molecule has 2 fully saturated rings. The fraction of sp³-hybridized carbons (Fsp3) is 0.600. The molecule has 2 heterocycles. The summed E-state index contributed by atoms with van der Waals surface area (Å²) in [6.07, 6.45) is 3.78. The van der Waals surface area contributed by atoms with Crippen molar-refractivity contribution in [1.82, 2.24) is 15.5 Å². The fourth-order valence-corrected chi connectivity index (χ4v) is 4.05. The molecule has 0 radical (unpaired) electrons. The van der Waals surface area contributed by atoms with Gasteiger partial charge in [-0.3, -0.25) is 4.79 Å². The van der Waals surface area contributed by atoms with E-state index in [1.54, 1.807) is 0 Å². The second-order valence-corrected chi connectivity index (χ2v) is 7.47. The Morgan fingerprint density at radius 2 is 1.77 bits per heavy atom. The van der Waals surface area contributed by atoms with Crippen molar-refractivity contribution < 1.29 is 14.3 Å². The van der Waals surface area contributed by atoms with Crippen molar-refractivity contribution >= 4 is 12.0 Å². The van der Waals surface area contributed by atoms with Crippen LogP contribution in [0, 0.1) is 0 Å². The number of fused-ring (bicyclic) bond motifs is 2. The van der Waals surface area contributed by atoms with E-state index in [1.165, 1.54) is 0 Å². The van der Waals surface area contributed by atoms with Gasteiger partial charge in [-0.15, -0.1) is 0 Å². The van der Waals surface area contributed by atoms with E-state index in [-0.39, 0.29) is 30.2 Å². The standard InChI is InChI=1S/C20H29N3O3/c1-14(2)26-20(25)23-17-8-9-18(23)13-16(12-17)21-10-11-22-19(24)15-6-4-3-5-7-15/h3-7,14,16-18,21H,8-13H2,1-2H3,(H,22,24). The van der Waals surface area contributed by atoms with Gasteiger partial charge in [0.2, 0.25) is 0 Å². The van der Waals surface area contributed by atoms with Crippen molar-refractivity contribution in [3.05, 3.63) is 35.9 Å². The van der Waals surface area contributed by atoms with E-state index in [2.05, 4.69) is 10.6 Å². The topological polar surface area (TPSA) is 70.7 Å². The maximum Gasteiger partial charge on any atom is 0.410 e. The van der Waals surface area contributed by atoms with Gasteiger partial charge in [0.25, 0.3) is 5.91 Å². The number of amides is 2. The first kappa shape index (κ1) is 18.7. The maximum absolute atomic E-state index is 12.3. The lowest BCUT2D eigenvalue weighted by atomic mass is 9.98. The van der Waals surface area contributed by atoms with Crippen LogP contribution in [0.3, 0.4) is 0 Å². The predicted molar refractivity (Wildman–Crippen MR) is 100 cm³/mol. The summed E-state index contributed by atoms with van der Waals surface area (Å²) in [5, 5.41) is 6.48. The second kappa shape index (κ2) is 8.54. The van der Waals surface area contributed by atoms with Crippen LogP contribution in [0.1, 0.15) is 49.9 Å². The molecule has 0 saturated carbocycles. The third kappa shape index (κ3) is 4.55. The summed E-state index contributed by atoms with van der Waals surface area (Å²) >= 11 is 0. The summed E-state index contributed by atoms with van der Waals surface area (Å²) < 4.78 is 5.39. The molecule has 6 nitrogen and oxygen atoms in total. The average molecular weight is 359 g/mol. The van der Waals surface area contributed by atoms with Crippen molar-refractivity contribution in [3.8, 4) is 0 Å². The normalized spacial score (nSPS) is 24.6. The van der Waals surface area contributed by atoms with Gasteiger partial charge in [0.15, 0.2) is 0 Å². The molecule has 2 aliphatic rings. The van der Waals surface area contributed by atoms with Gasteiger partial charge in [-0.05, 0) is 51.7 Å². The molecular weight excluding hydrogens is 330 g/mol. The number of benzene rings is 1. The molecule has 2 unspecified atom stereocenters. The van der Waals surface area contributed by atoms with Crippen molar-refractivity contribution in [2.45, 2.75) is 63.8 Å². The van der Waals surface area contributed by atoms with Gasteiger partial charge in [-0.2, -0.15) is 0 Å². The van der Waals surface area contributed by atoms with E-state index in [4.69, 9.17) is 4.74 Å². The molecular formula is C20H29N3O3. The number of carbonyl (C=O) groups is 2. The molecule has 1 aromatic carbocycles. The number of rotatable bonds is 6. The molecule has 6 heteroatoms. The number of carbonyl (C=O) groups excluding carboxylic acids is 2. The summed E-state index contributed by atoms with van der Waals surface area (Å²) in [5.41, 5.74) is 0.683. The molecule has 0 aromatic heterocycles. The Balaban J connectivity index is 1.40. The first-order chi connectivity index (χ1) is 12.5. The average Bonchev–Trinajstić information content (AvgIpc) is 2.89. The molecule has 2 amide bonds. The highest BCUT2D eigenvalue weighted by Crippen LogP contribution is 2.36. The van der Waals surface area contributed by atoms with E-state index in [0.717, 1.165) is 32.2 Å². The Morgan fingerprint density at radius 3 is 2.38 bits per heavy atom. The third-order valence-corrected chi connectivity index (χ3v) is 5.16. The predicted octanol–water partition coefficient (Wildman–Crippen LogP) is 2.55. The second-order valence-electron chi connectivity index (χ2n) is 7.47. The summed E-state index contributed by atoms with van der Waals surface area (Å²) in [7, 11) is 0. The zero-order chi connectivity index (χ0) is 18.5.